The van der Waals surface area contributed by atoms with Crippen LogP contribution in [0, 0.1) is 11.8 Å². The van der Waals surface area contributed by atoms with Crippen molar-refractivity contribution in [3.05, 3.63) is 0 Å². The predicted molar refractivity (Wildman–Crippen MR) is 73.0 cm³/mol. The molecule has 0 saturated heterocycles. The Morgan fingerprint density at radius 2 is 1.40 bits per heavy atom. The average molecular weight is 228 g/mol. The highest BCUT2D eigenvalue weighted by molar-refractivity contribution is 8.34. The van der Waals surface area contributed by atoms with Gasteiger partial charge in [0.2, 0.25) is 0 Å². The van der Waals surface area contributed by atoms with E-state index in [9.17, 15) is 0 Å². The topological polar surface area (TPSA) is 0 Å². The van der Waals surface area contributed by atoms with Crippen molar-refractivity contribution >= 4 is 10.0 Å². The van der Waals surface area contributed by atoms with Crippen molar-refractivity contribution in [2.45, 2.75) is 62.9 Å². The summed E-state index contributed by atoms with van der Waals surface area (Å²) < 4.78 is 0.538. The van der Waals surface area contributed by atoms with Crippen LogP contribution in [-0.2, 0) is 0 Å². The number of fused-ring (bicyclic) bond motifs is 1. The molecule has 0 aromatic carbocycles. The van der Waals surface area contributed by atoms with E-state index < -0.39 is 10.0 Å². The molecular formula is C14H28S. The molecule has 1 heteroatoms. The highest BCUT2D eigenvalue weighted by Gasteiger charge is 2.44. The van der Waals surface area contributed by atoms with Gasteiger partial charge in [0.05, 0.1) is 0 Å². The number of hydrogen-bond donors (Lipinski definition) is 0. The monoisotopic (exact) mass is 228 g/mol. The summed E-state index contributed by atoms with van der Waals surface area (Å²) in [6.45, 7) is 7.36. The predicted octanol–water partition coefficient (Wildman–Crippen LogP) is 4.43. The van der Waals surface area contributed by atoms with Gasteiger partial charge in [0.1, 0.15) is 0 Å². The third-order valence-corrected chi connectivity index (χ3v) is 10.6. The Labute approximate surface area is 97.5 Å². The van der Waals surface area contributed by atoms with Crippen molar-refractivity contribution in [3.8, 4) is 0 Å². The maximum absolute atomic E-state index is 2.58. The van der Waals surface area contributed by atoms with E-state index in [-0.39, 0.29) is 0 Å². The Morgan fingerprint density at radius 3 is 1.80 bits per heavy atom. The molecule has 0 N–H and O–H groups in total. The second-order valence-corrected chi connectivity index (χ2v) is 11.8. The first-order chi connectivity index (χ1) is 6.82. The summed E-state index contributed by atoms with van der Waals surface area (Å²) in [5.41, 5.74) is 0. The molecule has 2 fully saturated rings. The minimum absolute atomic E-state index is 0.418. The molecule has 0 heterocycles. The van der Waals surface area contributed by atoms with Crippen LogP contribution in [0.5, 0.6) is 0 Å². The molecule has 2 aliphatic carbocycles. The van der Waals surface area contributed by atoms with Gasteiger partial charge in [-0.05, 0) is 47.2 Å². The Balaban J connectivity index is 2.07. The highest BCUT2D eigenvalue weighted by Crippen LogP contribution is 2.64. The van der Waals surface area contributed by atoms with E-state index in [0.29, 0.717) is 4.75 Å². The molecule has 0 aliphatic heterocycles. The Hall–Kier alpha value is 0.350. The molecule has 15 heavy (non-hydrogen) atoms. The summed E-state index contributed by atoms with van der Waals surface area (Å²) in [7, 11) is -0.418. The molecule has 0 aromatic heterocycles. The summed E-state index contributed by atoms with van der Waals surface area (Å²) >= 11 is 0. The first kappa shape index (κ1) is 11.8. The molecule has 0 nitrogen and oxygen atoms in total. The Kier molecular flexibility index (Phi) is 2.90. The number of rotatable bonds is 1. The first-order valence-electron chi connectivity index (χ1n) is 6.54. The van der Waals surface area contributed by atoms with Crippen LogP contribution in [-0.4, -0.2) is 22.5 Å². The van der Waals surface area contributed by atoms with Crippen LogP contribution in [0.3, 0.4) is 0 Å². The summed E-state index contributed by atoms with van der Waals surface area (Å²) in [6, 6.07) is 0. The van der Waals surface area contributed by atoms with Crippen molar-refractivity contribution in [2.24, 2.45) is 11.8 Å². The lowest BCUT2D eigenvalue weighted by molar-refractivity contribution is 0.457. The van der Waals surface area contributed by atoms with Crippen LogP contribution in [0.1, 0.15) is 52.9 Å². The van der Waals surface area contributed by atoms with Gasteiger partial charge < -0.3 is 0 Å². The van der Waals surface area contributed by atoms with Gasteiger partial charge in [-0.3, -0.25) is 0 Å². The van der Waals surface area contributed by atoms with E-state index in [4.69, 9.17) is 0 Å². The molecule has 90 valence electrons. The lowest BCUT2D eigenvalue weighted by atomic mass is 10.0. The van der Waals surface area contributed by atoms with Gasteiger partial charge >= 0.3 is 0 Å². The zero-order chi connectivity index (χ0) is 11.3. The Morgan fingerprint density at radius 1 is 0.933 bits per heavy atom. The van der Waals surface area contributed by atoms with E-state index >= 15 is 0 Å². The van der Waals surface area contributed by atoms with Gasteiger partial charge in [-0.25, -0.2) is 10.0 Å². The molecule has 0 bridgehead atoms. The van der Waals surface area contributed by atoms with E-state index in [1.165, 1.54) is 6.42 Å². The van der Waals surface area contributed by atoms with Crippen LogP contribution >= 0.6 is 10.0 Å². The summed E-state index contributed by atoms with van der Waals surface area (Å²) in [5, 5.41) is 1.06. The smallest absolute Gasteiger partial charge is 0.00848 e. The van der Waals surface area contributed by atoms with Crippen molar-refractivity contribution < 1.29 is 0 Å². The van der Waals surface area contributed by atoms with Gasteiger partial charge in [0.25, 0.3) is 0 Å². The third-order valence-electron chi connectivity index (χ3n) is 5.36. The van der Waals surface area contributed by atoms with Crippen LogP contribution in [0.15, 0.2) is 0 Å². The fraction of sp³-hybridized carbons (Fsp3) is 1.00. The molecule has 2 saturated carbocycles. The Bertz CT molecular complexity index is 224. The fourth-order valence-corrected chi connectivity index (χ4v) is 5.94. The first-order valence-corrected chi connectivity index (χ1v) is 9.05. The molecule has 2 aliphatic rings. The summed E-state index contributed by atoms with van der Waals surface area (Å²) in [4.78, 5) is 0. The second-order valence-electron chi connectivity index (χ2n) is 7.06. The highest BCUT2D eigenvalue weighted by atomic mass is 32.3. The lowest BCUT2D eigenvalue weighted by Gasteiger charge is -2.49. The third kappa shape index (κ3) is 1.97. The van der Waals surface area contributed by atoms with E-state index in [1.54, 1.807) is 25.7 Å². The van der Waals surface area contributed by atoms with Crippen LogP contribution < -0.4 is 0 Å². The van der Waals surface area contributed by atoms with Crippen molar-refractivity contribution in [2.75, 3.05) is 12.5 Å². The minimum Gasteiger partial charge on any atom is -0.239 e. The summed E-state index contributed by atoms with van der Waals surface area (Å²) in [5.74, 6) is 2.23. The van der Waals surface area contributed by atoms with Crippen molar-refractivity contribution in [1.29, 1.82) is 0 Å². The van der Waals surface area contributed by atoms with Crippen molar-refractivity contribution in [1.82, 2.24) is 0 Å². The SMILES string of the molecule is CC(C)(C)S(C)(C)C1CC2CCCC2C1. The van der Waals surface area contributed by atoms with E-state index in [1.807, 2.05) is 0 Å². The van der Waals surface area contributed by atoms with Crippen LogP contribution in [0.4, 0.5) is 0 Å². The molecule has 0 radical (unpaired) electrons. The normalized spacial score (nSPS) is 38.1. The van der Waals surface area contributed by atoms with Gasteiger partial charge in [-0.15, -0.1) is 0 Å². The zero-order valence-corrected chi connectivity index (χ0v) is 12.0. The van der Waals surface area contributed by atoms with Gasteiger partial charge in [-0.2, -0.15) is 0 Å². The molecule has 0 aromatic rings. The quantitative estimate of drug-likeness (QED) is 0.623. The molecule has 0 amide bonds. The van der Waals surface area contributed by atoms with Gasteiger partial charge in [0.15, 0.2) is 0 Å². The lowest BCUT2D eigenvalue weighted by Crippen LogP contribution is -2.31. The van der Waals surface area contributed by atoms with Crippen LogP contribution in [0.25, 0.3) is 0 Å². The minimum atomic E-state index is -0.418. The molecular weight excluding hydrogens is 200 g/mol. The fourth-order valence-electron chi connectivity index (χ4n) is 3.49. The zero-order valence-electron chi connectivity index (χ0n) is 11.2. The molecule has 2 unspecified atom stereocenters. The van der Waals surface area contributed by atoms with Crippen LogP contribution in [0.2, 0.25) is 0 Å². The average Bonchev–Trinajstić information content (AvgIpc) is 2.57. The maximum Gasteiger partial charge on any atom is -0.00848 e. The largest absolute Gasteiger partial charge is 0.239 e. The molecule has 0 spiro atoms. The molecule has 2 rings (SSSR count). The van der Waals surface area contributed by atoms with E-state index in [0.717, 1.165) is 17.1 Å². The second kappa shape index (κ2) is 3.68. The standard InChI is InChI=1S/C14H28S/c1-14(2,3)15(4,5)13-9-11-7-6-8-12(11)10-13/h11-13H,6-10H2,1-5H3. The van der Waals surface area contributed by atoms with Gasteiger partial charge in [-0.1, -0.05) is 40.0 Å². The van der Waals surface area contributed by atoms with Crippen molar-refractivity contribution in [3.63, 3.8) is 0 Å². The van der Waals surface area contributed by atoms with E-state index in [2.05, 4.69) is 33.3 Å². The van der Waals surface area contributed by atoms with Gasteiger partial charge in [0, 0.05) is 0 Å². The maximum atomic E-state index is 2.58. The summed E-state index contributed by atoms with van der Waals surface area (Å²) in [6.07, 6.45) is 12.9. The molecule has 2 atom stereocenters. The number of hydrogen-bond acceptors (Lipinski definition) is 0.